The largest absolute Gasteiger partial charge is 0.454 e. The summed E-state index contributed by atoms with van der Waals surface area (Å²) in [5, 5.41) is 7.71. The summed E-state index contributed by atoms with van der Waals surface area (Å²) < 4.78 is 6.66. The zero-order valence-corrected chi connectivity index (χ0v) is 36.1. The van der Waals surface area contributed by atoms with Gasteiger partial charge in [-0.3, -0.25) is 0 Å². The maximum absolute atomic E-state index is 6.66. The van der Waals surface area contributed by atoms with Crippen LogP contribution < -0.4 is 30.5 Å². The van der Waals surface area contributed by atoms with Crippen molar-refractivity contribution in [3.05, 3.63) is 255 Å². The molecule has 0 spiro atoms. The van der Waals surface area contributed by atoms with Gasteiger partial charge < -0.3 is 14.2 Å². The zero-order valence-electron chi connectivity index (χ0n) is 35.1. The van der Waals surface area contributed by atoms with Gasteiger partial charge in [0.15, 0.2) is 13.7 Å². The summed E-state index contributed by atoms with van der Waals surface area (Å²) in [5.74, 6) is 0. The van der Waals surface area contributed by atoms with Gasteiger partial charge in [0.2, 0.25) is 0 Å². The molecule has 0 fully saturated rings. The third-order valence-corrected chi connectivity index (χ3v) is 17.8. The summed E-state index contributed by atoms with van der Waals surface area (Å²) in [7, 11) is -2.79. The van der Waals surface area contributed by atoms with E-state index in [0.29, 0.717) is 0 Å². The lowest BCUT2D eigenvalue weighted by atomic mass is 10.0. The van der Waals surface area contributed by atoms with Gasteiger partial charge in [-0.05, 0) is 104 Å². The Kier molecular flexibility index (Phi) is 9.17. The summed E-state index contributed by atoms with van der Waals surface area (Å²) in [4.78, 5) is 4.80. The van der Waals surface area contributed by atoms with E-state index in [9.17, 15) is 0 Å². The van der Waals surface area contributed by atoms with E-state index >= 15 is 0 Å². The van der Waals surface area contributed by atoms with Crippen molar-refractivity contribution in [1.82, 2.24) is 0 Å². The fraction of sp³-hybridized carbons (Fsp3) is 0. The van der Waals surface area contributed by atoms with Crippen molar-refractivity contribution in [3.8, 4) is 22.3 Å². The summed E-state index contributed by atoms with van der Waals surface area (Å²) in [6, 6.07) is 92.7. The number of hydrogen-bond donors (Lipinski definition) is 0. The first-order chi connectivity index (χ1) is 31.8. The van der Waals surface area contributed by atoms with E-state index in [-0.39, 0.29) is 0 Å². The van der Waals surface area contributed by atoms with Crippen molar-refractivity contribution >= 4 is 84.9 Å². The highest BCUT2D eigenvalue weighted by molar-refractivity contribution is 7.21. The Morgan fingerprint density at radius 2 is 0.859 bits per heavy atom. The van der Waals surface area contributed by atoms with Gasteiger partial charge in [-0.15, -0.1) is 0 Å². The van der Waals surface area contributed by atoms with E-state index in [1.807, 2.05) is 6.07 Å². The second-order valence-corrected chi connectivity index (χ2v) is 20.2. The minimum absolute atomic E-state index is 0.861. The van der Waals surface area contributed by atoms with Crippen LogP contribution in [0.1, 0.15) is 0 Å². The second-order valence-electron chi connectivity index (χ2n) is 16.4. The first kappa shape index (κ1) is 37.6. The lowest BCUT2D eigenvalue weighted by molar-refractivity contribution is 0.669. The standard InChI is InChI=1S/C60H42N2OSi/c1-5-18-43(19-6-1)44-32-37-48(38-33-44)61(55-29-17-27-53-52-26-13-15-30-57(52)63-60(53)55)49-39-34-45(35-40-49)46-36-41-59-56(42-46)62(47-20-7-2-8-21-47)54-28-14-16-31-58(54)64(59,50-22-9-3-10-23-50)51-24-11-4-12-25-51/h1-42H. The third-order valence-electron chi connectivity index (χ3n) is 12.9. The first-order valence-electron chi connectivity index (χ1n) is 21.9. The highest BCUT2D eigenvalue weighted by atomic mass is 28.3. The van der Waals surface area contributed by atoms with Gasteiger partial charge >= 0.3 is 0 Å². The van der Waals surface area contributed by atoms with Gasteiger partial charge in [-0.25, -0.2) is 0 Å². The molecule has 0 atom stereocenters. The average Bonchev–Trinajstić information content (AvgIpc) is 3.77. The predicted molar refractivity (Wildman–Crippen MR) is 271 cm³/mol. The molecule has 0 amide bonds. The maximum atomic E-state index is 6.66. The maximum Gasteiger partial charge on any atom is 0.184 e. The zero-order chi connectivity index (χ0) is 42.5. The summed E-state index contributed by atoms with van der Waals surface area (Å²) in [6.45, 7) is 0. The van der Waals surface area contributed by atoms with Crippen LogP contribution in [0.5, 0.6) is 0 Å². The molecule has 2 heterocycles. The van der Waals surface area contributed by atoms with E-state index in [2.05, 4.69) is 259 Å². The van der Waals surface area contributed by atoms with Gasteiger partial charge in [0.1, 0.15) is 5.58 Å². The molecule has 0 bridgehead atoms. The molecule has 1 aliphatic heterocycles. The van der Waals surface area contributed by atoms with Crippen molar-refractivity contribution in [3.63, 3.8) is 0 Å². The van der Waals surface area contributed by atoms with Gasteiger partial charge in [0.05, 0.1) is 5.69 Å². The normalized spacial score (nSPS) is 12.8. The SMILES string of the molecule is c1ccc(-c2ccc(N(c3ccc(-c4ccc5c(c4)N(c4ccccc4)c4ccccc4[Si]5(c4ccccc4)c4ccccc4)cc3)c3cccc4c3oc3ccccc34)cc2)cc1. The van der Waals surface area contributed by atoms with Crippen molar-refractivity contribution < 1.29 is 4.42 Å². The van der Waals surface area contributed by atoms with Crippen molar-refractivity contribution in [1.29, 1.82) is 0 Å². The monoisotopic (exact) mass is 834 g/mol. The van der Waals surface area contributed by atoms with Crippen LogP contribution in [-0.4, -0.2) is 8.07 Å². The number of hydrogen-bond acceptors (Lipinski definition) is 3. The number of anilines is 6. The Morgan fingerprint density at radius 3 is 1.53 bits per heavy atom. The molecule has 4 heteroatoms. The van der Waals surface area contributed by atoms with Gasteiger partial charge in [-0.1, -0.05) is 194 Å². The molecule has 0 N–H and O–H groups in total. The molecular weight excluding hydrogens is 793 g/mol. The topological polar surface area (TPSA) is 19.6 Å². The highest BCUT2D eigenvalue weighted by Crippen LogP contribution is 2.44. The van der Waals surface area contributed by atoms with Crippen LogP contribution >= 0.6 is 0 Å². The molecule has 302 valence electrons. The molecule has 0 aliphatic carbocycles. The number of fused-ring (bicyclic) bond motifs is 5. The van der Waals surface area contributed by atoms with Gasteiger partial charge in [-0.2, -0.15) is 0 Å². The van der Waals surface area contributed by atoms with Crippen LogP contribution in [0.15, 0.2) is 259 Å². The van der Waals surface area contributed by atoms with E-state index < -0.39 is 8.07 Å². The number of furan rings is 1. The first-order valence-corrected chi connectivity index (χ1v) is 23.9. The molecule has 11 aromatic rings. The smallest absolute Gasteiger partial charge is 0.184 e. The Bertz CT molecular complexity index is 3380. The van der Waals surface area contributed by atoms with Crippen LogP contribution in [-0.2, 0) is 0 Å². The van der Waals surface area contributed by atoms with E-state index in [1.165, 1.54) is 43.2 Å². The minimum atomic E-state index is -2.79. The van der Waals surface area contributed by atoms with E-state index in [0.717, 1.165) is 55.8 Å². The summed E-state index contributed by atoms with van der Waals surface area (Å²) in [6.07, 6.45) is 0. The Morgan fingerprint density at radius 1 is 0.359 bits per heavy atom. The molecule has 10 aromatic carbocycles. The fourth-order valence-corrected chi connectivity index (χ4v) is 15.1. The molecule has 64 heavy (non-hydrogen) atoms. The number of rotatable bonds is 8. The quantitative estimate of drug-likeness (QED) is 0.142. The molecule has 0 radical (unpaired) electrons. The van der Waals surface area contributed by atoms with E-state index in [4.69, 9.17) is 4.42 Å². The highest BCUT2D eigenvalue weighted by Gasteiger charge is 2.48. The molecular formula is C60H42N2OSi. The van der Waals surface area contributed by atoms with Crippen LogP contribution in [0.25, 0.3) is 44.2 Å². The molecule has 0 unspecified atom stereocenters. The molecule has 0 saturated heterocycles. The molecule has 1 aliphatic rings. The minimum Gasteiger partial charge on any atom is -0.454 e. The Balaban J connectivity index is 1.02. The Labute approximate surface area is 374 Å². The van der Waals surface area contributed by atoms with Gasteiger partial charge in [0.25, 0.3) is 0 Å². The van der Waals surface area contributed by atoms with E-state index in [1.54, 1.807) is 0 Å². The van der Waals surface area contributed by atoms with Gasteiger partial charge in [0, 0.05) is 39.2 Å². The molecule has 1 aromatic heterocycles. The second kappa shape index (κ2) is 15.6. The van der Waals surface area contributed by atoms with Crippen LogP contribution in [0.2, 0.25) is 0 Å². The molecule has 3 nitrogen and oxygen atoms in total. The Hall–Kier alpha value is -8.18. The fourth-order valence-electron chi connectivity index (χ4n) is 10.1. The number of nitrogens with zero attached hydrogens (tertiary/aromatic N) is 2. The third kappa shape index (κ3) is 6.10. The summed E-state index contributed by atoms with van der Waals surface area (Å²) >= 11 is 0. The summed E-state index contributed by atoms with van der Waals surface area (Å²) in [5.41, 5.74) is 13.1. The molecule has 0 saturated carbocycles. The number of benzene rings is 10. The van der Waals surface area contributed by atoms with Crippen molar-refractivity contribution in [2.45, 2.75) is 0 Å². The lowest BCUT2D eigenvalue weighted by Gasteiger charge is -2.45. The van der Waals surface area contributed by atoms with Crippen LogP contribution in [0.3, 0.4) is 0 Å². The average molecular weight is 835 g/mol. The van der Waals surface area contributed by atoms with Crippen LogP contribution in [0.4, 0.5) is 34.1 Å². The predicted octanol–water partition coefficient (Wildman–Crippen LogP) is 13.6. The van der Waals surface area contributed by atoms with Crippen molar-refractivity contribution in [2.75, 3.05) is 9.80 Å². The lowest BCUT2D eigenvalue weighted by Crippen LogP contribution is -2.77. The van der Waals surface area contributed by atoms with Crippen LogP contribution in [0, 0.1) is 0 Å². The molecule has 12 rings (SSSR count). The number of para-hydroxylation sites is 4. The van der Waals surface area contributed by atoms with Crippen molar-refractivity contribution in [2.24, 2.45) is 0 Å².